The molecule has 124 valence electrons. The van der Waals surface area contributed by atoms with E-state index in [1.807, 2.05) is 0 Å². The van der Waals surface area contributed by atoms with Crippen molar-refractivity contribution in [2.24, 2.45) is 0 Å². The van der Waals surface area contributed by atoms with Crippen LogP contribution < -0.4 is 10.1 Å². The average molecular weight is 327 g/mol. The second-order valence-electron chi connectivity index (χ2n) is 4.96. The fourth-order valence-electron chi connectivity index (χ4n) is 2.09. The Morgan fingerprint density at radius 3 is 2.50 bits per heavy atom. The van der Waals surface area contributed by atoms with Crippen molar-refractivity contribution in [1.29, 1.82) is 0 Å². The highest BCUT2D eigenvalue weighted by molar-refractivity contribution is 5.94. The molecular weight excluding hydrogens is 310 g/mol. The molecule has 3 N–H and O–H groups in total. The van der Waals surface area contributed by atoms with Gasteiger partial charge in [0.1, 0.15) is 0 Å². The van der Waals surface area contributed by atoms with E-state index in [1.165, 1.54) is 25.3 Å². The molecule has 24 heavy (non-hydrogen) atoms. The van der Waals surface area contributed by atoms with Gasteiger partial charge in [0.2, 0.25) is 5.91 Å². The van der Waals surface area contributed by atoms with Gasteiger partial charge in [-0.05, 0) is 29.3 Å². The number of hydrogen-bond donors (Lipinski definition) is 3. The van der Waals surface area contributed by atoms with Gasteiger partial charge in [0.25, 0.3) is 0 Å². The third-order valence-corrected chi connectivity index (χ3v) is 3.30. The van der Waals surface area contributed by atoms with E-state index in [-0.39, 0.29) is 11.5 Å². The van der Waals surface area contributed by atoms with E-state index in [2.05, 4.69) is 5.32 Å². The summed E-state index contributed by atoms with van der Waals surface area (Å²) >= 11 is 0. The molecule has 0 aliphatic carbocycles. The number of carboxylic acid groups (broad SMARTS) is 1. The Hall–Kier alpha value is -3.28. The lowest BCUT2D eigenvalue weighted by Crippen LogP contribution is -2.32. The van der Waals surface area contributed by atoms with E-state index in [0.717, 1.165) is 0 Å². The lowest BCUT2D eigenvalue weighted by atomic mass is 10.1. The highest BCUT2D eigenvalue weighted by atomic mass is 16.5. The van der Waals surface area contributed by atoms with Gasteiger partial charge in [-0.2, -0.15) is 0 Å². The number of phenols is 1. The standard InChI is InChI=1S/C18H17NO5/c1-24-15-11-12(7-9-14(15)20)8-10-16(21)19-17(18(22)23)13-5-3-2-4-6-13/h2-11,17,20H,1H3,(H,19,21)(H,22,23)/b10-8+/t17-/m0/s1. The number of aliphatic carboxylic acids is 1. The van der Waals surface area contributed by atoms with Crippen LogP contribution >= 0.6 is 0 Å². The first kappa shape index (κ1) is 17.1. The fraction of sp³-hybridized carbons (Fsp3) is 0.111. The number of methoxy groups -OCH3 is 1. The Balaban J connectivity index is 2.10. The van der Waals surface area contributed by atoms with Crippen LogP contribution in [-0.4, -0.2) is 29.2 Å². The molecule has 0 fully saturated rings. The number of amides is 1. The van der Waals surface area contributed by atoms with E-state index >= 15 is 0 Å². The van der Waals surface area contributed by atoms with Crippen molar-refractivity contribution in [3.8, 4) is 11.5 Å². The van der Waals surface area contributed by atoms with Crippen LogP contribution in [0.5, 0.6) is 11.5 Å². The number of benzene rings is 2. The SMILES string of the molecule is COc1cc(/C=C/C(=O)N[C@H](C(=O)O)c2ccccc2)ccc1O. The second-order valence-corrected chi connectivity index (χ2v) is 4.96. The van der Waals surface area contributed by atoms with Crippen LogP contribution in [0.3, 0.4) is 0 Å². The summed E-state index contributed by atoms with van der Waals surface area (Å²) in [6, 6.07) is 11.9. The Labute approximate surface area is 139 Å². The molecule has 0 radical (unpaired) electrons. The van der Waals surface area contributed by atoms with Crippen LogP contribution in [0.1, 0.15) is 17.2 Å². The number of carbonyl (C=O) groups is 2. The van der Waals surface area contributed by atoms with E-state index < -0.39 is 17.9 Å². The number of phenolic OH excluding ortho intramolecular Hbond substituents is 1. The average Bonchev–Trinajstić information content (AvgIpc) is 2.59. The zero-order chi connectivity index (χ0) is 17.5. The molecule has 0 saturated carbocycles. The number of carbonyl (C=O) groups excluding carboxylic acids is 1. The minimum atomic E-state index is -1.14. The molecule has 1 atom stereocenters. The molecule has 0 spiro atoms. The molecule has 2 rings (SSSR count). The maximum absolute atomic E-state index is 12.0. The smallest absolute Gasteiger partial charge is 0.330 e. The summed E-state index contributed by atoms with van der Waals surface area (Å²) in [4.78, 5) is 23.3. The Kier molecular flexibility index (Phi) is 5.57. The predicted octanol–water partition coefficient (Wildman–Crippen LogP) is 2.36. The minimum absolute atomic E-state index is 0.00544. The highest BCUT2D eigenvalue weighted by Crippen LogP contribution is 2.26. The lowest BCUT2D eigenvalue weighted by molar-refractivity contribution is -0.141. The normalized spacial score (nSPS) is 11.9. The fourth-order valence-corrected chi connectivity index (χ4v) is 2.09. The lowest BCUT2D eigenvalue weighted by Gasteiger charge is -2.13. The third-order valence-electron chi connectivity index (χ3n) is 3.30. The predicted molar refractivity (Wildman–Crippen MR) is 88.7 cm³/mol. The van der Waals surface area contributed by atoms with Crippen LogP contribution in [0, 0.1) is 0 Å². The summed E-state index contributed by atoms with van der Waals surface area (Å²) in [7, 11) is 1.42. The molecule has 0 aromatic heterocycles. The van der Waals surface area contributed by atoms with Gasteiger partial charge in [0.15, 0.2) is 17.5 Å². The van der Waals surface area contributed by atoms with Gasteiger partial charge in [-0.15, -0.1) is 0 Å². The first-order chi connectivity index (χ1) is 11.5. The number of nitrogens with one attached hydrogen (secondary N) is 1. The van der Waals surface area contributed by atoms with Crippen LogP contribution in [0.2, 0.25) is 0 Å². The van der Waals surface area contributed by atoms with Gasteiger partial charge >= 0.3 is 5.97 Å². The zero-order valence-electron chi connectivity index (χ0n) is 13.0. The van der Waals surface area contributed by atoms with Crippen LogP contribution in [0.25, 0.3) is 6.08 Å². The first-order valence-electron chi connectivity index (χ1n) is 7.14. The second kappa shape index (κ2) is 7.82. The molecule has 0 aliphatic heterocycles. The maximum Gasteiger partial charge on any atom is 0.330 e. The zero-order valence-corrected chi connectivity index (χ0v) is 13.0. The van der Waals surface area contributed by atoms with Crippen molar-refractivity contribution in [1.82, 2.24) is 5.32 Å². The molecule has 6 heteroatoms. The monoisotopic (exact) mass is 327 g/mol. The molecule has 2 aromatic rings. The number of hydrogen-bond acceptors (Lipinski definition) is 4. The Morgan fingerprint density at radius 1 is 1.17 bits per heavy atom. The molecule has 0 aliphatic rings. The maximum atomic E-state index is 12.0. The van der Waals surface area contributed by atoms with Crippen molar-refractivity contribution < 1.29 is 24.5 Å². The van der Waals surface area contributed by atoms with E-state index in [1.54, 1.807) is 42.5 Å². The summed E-state index contributed by atoms with van der Waals surface area (Å²) < 4.78 is 4.98. The van der Waals surface area contributed by atoms with E-state index in [9.17, 15) is 19.8 Å². The molecule has 2 aromatic carbocycles. The molecule has 0 unspecified atom stereocenters. The Bertz CT molecular complexity index is 755. The van der Waals surface area contributed by atoms with Crippen molar-refractivity contribution in [3.63, 3.8) is 0 Å². The topological polar surface area (TPSA) is 95.9 Å². The molecule has 0 bridgehead atoms. The van der Waals surface area contributed by atoms with Crippen molar-refractivity contribution >= 4 is 18.0 Å². The summed E-state index contributed by atoms with van der Waals surface area (Å²) in [6.45, 7) is 0. The number of aromatic hydroxyl groups is 1. The first-order valence-corrected chi connectivity index (χ1v) is 7.14. The van der Waals surface area contributed by atoms with Crippen molar-refractivity contribution in [3.05, 3.63) is 65.7 Å². The van der Waals surface area contributed by atoms with Gasteiger partial charge in [-0.25, -0.2) is 4.79 Å². The van der Waals surface area contributed by atoms with Gasteiger partial charge in [0, 0.05) is 6.08 Å². The third kappa shape index (κ3) is 4.36. The number of ether oxygens (including phenoxy) is 1. The summed E-state index contributed by atoms with van der Waals surface area (Å²) in [5, 5.41) is 21.2. The Morgan fingerprint density at radius 2 is 1.88 bits per heavy atom. The minimum Gasteiger partial charge on any atom is -0.504 e. The number of carboxylic acids is 1. The van der Waals surface area contributed by atoms with E-state index in [0.29, 0.717) is 11.1 Å². The number of rotatable bonds is 6. The molecule has 0 heterocycles. The van der Waals surface area contributed by atoms with Crippen molar-refractivity contribution in [2.45, 2.75) is 6.04 Å². The summed E-state index contributed by atoms with van der Waals surface area (Å²) in [5.41, 5.74) is 1.12. The van der Waals surface area contributed by atoms with Crippen LogP contribution in [0.4, 0.5) is 0 Å². The van der Waals surface area contributed by atoms with Gasteiger partial charge < -0.3 is 20.3 Å². The van der Waals surface area contributed by atoms with Gasteiger partial charge in [-0.3, -0.25) is 4.79 Å². The van der Waals surface area contributed by atoms with Crippen LogP contribution in [0.15, 0.2) is 54.6 Å². The van der Waals surface area contributed by atoms with E-state index in [4.69, 9.17) is 4.74 Å². The molecule has 0 saturated heterocycles. The molecule has 1 amide bonds. The van der Waals surface area contributed by atoms with Crippen LogP contribution in [-0.2, 0) is 9.59 Å². The quantitative estimate of drug-likeness (QED) is 0.708. The van der Waals surface area contributed by atoms with Gasteiger partial charge in [-0.1, -0.05) is 36.4 Å². The molecule has 6 nitrogen and oxygen atoms in total. The largest absolute Gasteiger partial charge is 0.504 e. The highest BCUT2D eigenvalue weighted by Gasteiger charge is 2.20. The van der Waals surface area contributed by atoms with Gasteiger partial charge in [0.05, 0.1) is 7.11 Å². The van der Waals surface area contributed by atoms with Crippen molar-refractivity contribution in [2.75, 3.05) is 7.11 Å². The summed E-state index contributed by atoms with van der Waals surface area (Å²) in [6.07, 6.45) is 2.73. The molecular formula is C18H17NO5. The summed E-state index contributed by atoms with van der Waals surface area (Å²) in [5.74, 6) is -1.41.